The van der Waals surface area contributed by atoms with Crippen molar-refractivity contribution in [2.45, 2.75) is 31.7 Å². The van der Waals surface area contributed by atoms with Crippen LogP contribution in [0.15, 0.2) is 52.4 Å². The van der Waals surface area contributed by atoms with Crippen LogP contribution in [-0.4, -0.2) is 33.2 Å². The number of aromatic nitrogens is 3. The van der Waals surface area contributed by atoms with E-state index in [-0.39, 0.29) is 6.04 Å². The minimum absolute atomic E-state index is 0.148. The van der Waals surface area contributed by atoms with Crippen molar-refractivity contribution in [1.82, 2.24) is 20.1 Å². The van der Waals surface area contributed by atoms with E-state index in [4.69, 9.17) is 4.42 Å². The first-order valence-corrected chi connectivity index (χ1v) is 10.3. The molecule has 1 aliphatic heterocycles. The lowest BCUT2D eigenvalue weighted by Gasteiger charge is -2.34. The van der Waals surface area contributed by atoms with E-state index in [0.717, 1.165) is 30.8 Å². The van der Waals surface area contributed by atoms with Crippen LogP contribution >= 0.6 is 11.3 Å². The van der Waals surface area contributed by atoms with Crippen LogP contribution in [0.3, 0.4) is 0 Å². The van der Waals surface area contributed by atoms with Crippen LogP contribution in [0, 0.1) is 0 Å². The normalized spacial score (nSPS) is 17.5. The topological polar surface area (TPSA) is 58.0 Å². The van der Waals surface area contributed by atoms with Gasteiger partial charge in [0.1, 0.15) is 0 Å². The summed E-state index contributed by atoms with van der Waals surface area (Å²) in [7, 11) is 0. The van der Waals surface area contributed by atoms with E-state index in [2.05, 4.69) is 57.5 Å². The second-order valence-corrected chi connectivity index (χ2v) is 8.15. The fourth-order valence-corrected chi connectivity index (χ4v) is 4.73. The van der Waals surface area contributed by atoms with Crippen LogP contribution in [-0.2, 0) is 0 Å². The molecule has 0 amide bonds. The molecule has 1 fully saturated rings. The highest BCUT2D eigenvalue weighted by Crippen LogP contribution is 2.35. The standard InChI is InChI=1S/C21H22N4OS/c1-14(20-23-24-21(26-20)19-7-4-12-27-19)25-10-8-15(9-11-25)17-13-22-18-6-3-2-5-16(17)18/h2-7,12-15,22H,8-11H2,1H3. The molecule has 5 nitrogen and oxygen atoms in total. The zero-order chi connectivity index (χ0) is 18.2. The first-order chi connectivity index (χ1) is 13.3. The molecule has 1 aromatic carbocycles. The Morgan fingerprint density at radius 1 is 1.15 bits per heavy atom. The Balaban J connectivity index is 1.27. The maximum atomic E-state index is 5.94. The monoisotopic (exact) mass is 378 g/mol. The highest BCUT2D eigenvalue weighted by Gasteiger charge is 2.28. The van der Waals surface area contributed by atoms with Gasteiger partial charge in [-0.25, -0.2) is 0 Å². The van der Waals surface area contributed by atoms with E-state index in [0.29, 0.717) is 17.7 Å². The number of hydrogen-bond donors (Lipinski definition) is 1. The summed E-state index contributed by atoms with van der Waals surface area (Å²) in [5.74, 6) is 1.94. The lowest BCUT2D eigenvalue weighted by molar-refractivity contribution is 0.143. The molecule has 6 heteroatoms. The average Bonchev–Trinajstić information content (AvgIpc) is 3.47. The van der Waals surface area contributed by atoms with E-state index >= 15 is 0 Å². The Kier molecular flexibility index (Phi) is 4.30. The van der Waals surface area contributed by atoms with E-state index < -0.39 is 0 Å². The molecule has 4 heterocycles. The summed E-state index contributed by atoms with van der Waals surface area (Å²) in [6.45, 7) is 4.25. The van der Waals surface area contributed by atoms with Crippen molar-refractivity contribution in [3.8, 4) is 10.8 Å². The van der Waals surface area contributed by atoms with Gasteiger partial charge in [0.2, 0.25) is 5.89 Å². The number of hydrogen-bond acceptors (Lipinski definition) is 5. The van der Waals surface area contributed by atoms with Crippen LogP contribution in [0.4, 0.5) is 0 Å². The number of likely N-dealkylation sites (tertiary alicyclic amines) is 1. The van der Waals surface area contributed by atoms with Gasteiger partial charge in [0.05, 0.1) is 10.9 Å². The smallest absolute Gasteiger partial charge is 0.257 e. The molecule has 4 aromatic rings. The molecule has 0 aliphatic carbocycles. The minimum Gasteiger partial charge on any atom is -0.418 e. The van der Waals surface area contributed by atoms with Crippen LogP contribution in [0.2, 0.25) is 0 Å². The van der Waals surface area contributed by atoms with Crippen LogP contribution in [0.25, 0.3) is 21.7 Å². The second-order valence-electron chi connectivity index (χ2n) is 7.20. The van der Waals surface area contributed by atoms with Crippen molar-refractivity contribution in [1.29, 1.82) is 0 Å². The van der Waals surface area contributed by atoms with E-state index in [1.54, 1.807) is 11.3 Å². The fraction of sp³-hybridized carbons (Fsp3) is 0.333. The molecule has 1 unspecified atom stereocenters. The van der Waals surface area contributed by atoms with Gasteiger partial charge in [0, 0.05) is 17.1 Å². The fourth-order valence-electron chi connectivity index (χ4n) is 4.09. The summed E-state index contributed by atoms with van der Waals surface area (Å²) >= 11 is 1.62. The summed E-state index contributed by atoms with van der Waals surface area (Å²) in [6, 6.07) is 12.7. The molecule has 3 aromatic heterocycles. The van der Waals surface area contributed by atoms with Crippen molar-refractivity contribution in [3.05, 3.63) is 59.4 Å². The molecule has 138 valence electrons. The molecule has 0 radical (unpaired) electrons. The highest BCUT2D eigenvalue weighted by atomic mass is 32.1. The zero-order valence-corrected chi connectivity index (χ0v) is 16.1. The summed E-state index contributed by atoms with van der Waals surface area (Å²) in [6.07, 6.45) is 4.50. The number of nitrogens with one attached hydrogen (secondary N) is 1. The third-order valence-electron chi connectivity index (χ3n) is 5.67. The maximum absolute atomic E-state index is 5.94. The summed E-state index contributed by atoms with van der Waals surface area (Å²) in [5.41, 5.74) is 2.69. The molecular formula is C21H22N4OS. The van der Waals surface area contributed by atoms with E-state index in [1.165, 1.54) is 16.5 Å². The molecule has 0 spiro atoms. The van der Waals surface area contributed by atoms with Crippen molar-refractivity contribution in [2.24, 2.45) is 0 Å². The predicted octanol–water partition coefficient (Wildman–Crippen LogP) is 5.22. The number of benzene rings is 1. The van der Waals surface area contributed by atoms with Gasteiger partial charge in [-0.3, -0.25) is 4.90 Å². The molecular weight excluding hydrogens is 356 g/mol. The molecule has 5 rings (SSSR count). The Hall–Kier alpha value is -2.44. The van der Waals surface area contributed by atoms with Gasteiger partial charge < -0.3 is 9.40 Å². The number of thiophene rings is 1. The molecule has 1 N–H and O–H groups in total. The Bertz CT molecular complexity index is 1030. The van der Waals surface area contributed by atoms with E-state index in [9.17, 15) is 0 Å². The van der Waals surface area contributed by atoms with Gasteiger partial charge in [-0.1, -0.05) is 24.3 Å². The lowest BCUT2D eigenvalue weighted by Crippen LogP contribution is -2.35. The van der Waals surface area contributed by atoms with Crippen molar-refractivity contribution in [3.63, 3.8) is 0 Å². The third-order valence-corrected chi connectivity index (χ3v) is 6.53. The van der Waals surface area contributed by atoms with Crippen molar-refractivity contribution >= 4 is 22.2 Å². The van der Waals surface area contributed by atoms with Crippen LogP contribution in [0.1, 0.15) is 43.2 Å². The van der Waals surface area contributed by atoms with Gasteiger partial charge in [0.25, 0.3) is 5.89 Å². The molecule has 1 atom stereocenters. The first-order valence-electron chi connectivity index (χ1n) is 9.47. The zero-order valence-electron chi connectivity index (χ0n) is 15.3. The minimum atomic E-state index is 0.148. The van der Waals surface area contributed by atoms with Gasteiger partial charge in [0.15, 0.2) is 0 Å². The second kappa shape index (κ2) is 6.94. The van der Waals surface area contributed by atoms with Crippen LogP contribution in [0.5, 0.6) is 0 Å². The quantitative estimate of drug-likeness (QED) is 0.529. The summed E-state index contributed by atoms with van der Waals surface area (Å²) in [5, 5.41) is 11.9. The first kappa shape index (κ1) is 16.7. The number of para-hydroxylation sites is 1. The molecule has 27 heavy (non-hydrogen) atoms. The lowest BCUT2D eigenvalue weighted by atomic mass is 9.88. The number of fused-ring (bicyclic) bond motifs is 1. The number of H-pyrrole nitrogens is 1. The predicted molar refractivity (Wildman–Crippen MR) is 108 cm³/mol. The number of aromatic amines is 1. The van der Waals surface area contributed by atoms with Gasteiger partial charge in [-0.05, 0) is 61.8 Å². The van der Waals surface area contributed by atoms with Crippen molar-refractivity contribution < 1.29 is 4.42 Å². The van der Waals surface area contributed by atoms with E-state index in [1.807, 2.05) is 17.5 Å². The summed E-state index contributed by atoms with van der Waals surface area (Å²) < 4.78 is 5.94. The average molecular weight is 379 g/mol. The molecule has 0 bridgehead atoms. The molecule has 1 aliphatic rings. The van der Waals surface area contributed by atoms with Gasteiger partial charge >= 0.3 is 0 Å². The number of piperidine rings is 1. The molecule has 0 saturated carbocycles. The van der Waals surface area contributed by atoms with Gasteiger partial charge in [-0.15, -0.1) is 21.5 Å². The Labute approximate surface area is 162 Å². The molecule has 1 saturated heterocycles. The maximum Gasteiger partial charge on any atom is 0.257 e. The van der Waals surface area contributed by atoms with Gasteiger partial charge in [-0.2, -0.15) is 0 Å². The highest BCUT2D eigenvalue weighted by molar-refractivity contribution is 7.13. The Morgan fingerprint density at radius 3 is 2.81 bits per heavy atom. The van der Waals surface area contributed by atoms with Crippen molar-refractivity contribution in [2.75, 3.05) is 13.1 Å². The summed E-state index contributed by atoms with van der Waals surface area (Å²) in [4.78, 5) is 6.90. The largest absolute Gasteiger partial charge is 0.418 e. The SMILES string of the molecule is CC(c1nnc(-c2cccs2)o1)N1CCC(c2c[nH]c3ccccc23)CC1. The number of rotatable bonds is 4. The third kappa shape index (κ3) is 3.09. The number of nitrogens with zero attached hydrogens (tertiary/aromatic N) is 3. The van der Waals surface area contributed by atoms with Crippen LogP contribution < -0.4 is 0 Å². The Morgan fingerprint density at radius 2 is 2.00 bits per heavy atom.